The van der Waals surface area contributed by atoms with Gasteiger partial charge in [0.15, 0.2) is 11.5 Å². The highest BCUT2D eigenvalue weighted by Gasteiger charge is 2.18. The van der Waals surface area contributed by atoms with Crippen LogP contribution in [0.4, 0.5) is 0 Å². The van der Waals surface area contributed by atoms with E-state index in [0.29, 0.717) is 19.3 Å². The van der Waals surface area contributed by atoms with Crippen LogP contribution in [0.3, 0.4) is 0 Å². The molecule has 0 spiro atoms. The summed E-state index contributed by atoms with van der Waals surface area (Å²) in [6.07, 6.45) is 0. The zero-order valence-electron chi connectivity index (χ0n) is 10.3. The van der Waals surface area contributed by atoms with Crippen LogP contribution < -0.4 is 14.8 Å². The number of hydrogen-bond acceptors (Lipinski definition) is 4. The van der Waals surface area contributed by atoms with Crippen LogP contribution >= 0.6 is 0 Å². The summed E-state index contributed by atoms with van der Waals surface area (Å²) in [4.78, 5) is 0. The van der Waals surface area contributed by atoms with Gasteiger partial charge < -0.3 is 19.9 Å². The molecule has 1 heterocycles. The van der Waals surface area contributed by atoms with Gasteiger partial charge in [-0.2, -0.15) is 0 Å². The zero-order valence-corrected chi connectivity index (χ0v) is 10.3. The van der Waals surface area contributed by atoms with E-state index in [1.54, 1.807) is 0 Å². The van der Waals surface area contributed by atoms with Crippen LogP contribution in [-0.2, 0) is 6.54 Å². The van der Waals surface area contributed by atoms with Crippen LogP contribution in [0.1, 0.15) is 19.4 Å². The molecule has 1 aromatic carbocycles. The maximum atomic E-state index is 9.25. The van der Waals surface area contributed by atoms with E-state index in [0.717, 1.165) is 17.1 Å². The number of hydrogen-bond donors (Lipinski definition) is 2. The van der Waals surface area contributed by atoms with Crippen molar-refractivity contribution in [1.29, 1.82) is 0 Å². The monoisotopic (exact) mass is 237 g/mol. The molecule has 1 aromatic rings. The summed E-state index contributed by atoms with van der Waals surface area (Å²) in [5, 5.41) is 12.6. The zero-order chi connectivity index (χ0) is 12.3. The number of para-hydroxylation sites is 1. The van der Waals surface area contributed by atoms with Gasteiger partial charge in [0, 0.05) is 18.2 Å². The molecule has 17 heavy (non-hydrogen) atoms. The number of ether oxygens (including phenoxy) is 2. The minimum atomic E-state index is 0.105. The van der Waals surface area contributed by atoms with Crippen molar-refractivity contribution in [3.8, 4) is 11.5 Å². The molecule has 0 saturated heterocycles. The predicted octanol–water partition coefficient (Wildman–Crippen LogP) is 1.52. The lowest BCUT2D eigenvalue weighted by Gasteiger charge is -2.20. The molecular weight excluding hydrogens is 218 g/mol. The van der Waals surface area contributed by atoms with Gasteiger partial charge in [0.1, 0.15) is 0 Å². The SMILES string of the molecule is CC(C)[C@@H](CO)NCc1cccc2c1OCO2. The first kappa shape index (κ1) is 12.2. The van der Waals surface area contributed by atoms with Gasteiger partial charge in [-0.1, -0.05) is 26.0 Å². The highest BCUT2D eigenvalue weighted by Crippen LogP contribution is 2.35. The van der Waals surface area contributed by atoms with Gasteiger partial charge in [-0.3, -0.25) is 0 Å². The maximum absolute atomic E-state index is 9.25. The Hall–Kier alpha value is -1.26. The van der Waals surface area contributed by atoms with E-state index in [4.69, 9.17) is 9.47 Å². The second-order valence-corrected chi connectivity index (χ2v) is 4.56. The number of fused-ring (bicyclic) bond motifs is 1. The minimum Gasteiger partial charge on any atom is -0.454 e. The fourth-order valence-corrected chi connectivity index (χ4v) is 1.88. The molecule has 0 saturated carbocycles. The Kier molecular flexibility index (Phi) is 3.86. The molecule has 2 N–H and O–H groups in total. The minimum absolute atomic E-state index is 0.105. The number of rotatable bonds is 5. The van der Waals surface area contributed by atoms with Crippen molar-refractivity contribution < 1.29 is 14.6 Å². The molecule has 0 radical (unpaired) electrons. The molecule has 4 nitrogen and oxygen atoms in total. The van der Waals surface area contributed by atoms with Crippen molar-refractivity contribution in [1.82, 2.24) is 5.32 Å². The first-order valence-electron chi connectivity index (χ1n) is 5.94. The standard InChI is InChI=1S/C13H19NO3/c1-9(2)11(7-15)14-6-10-4-3-5-12-13(10)17-8-16-12/h3-5,9,11,14-15H,6-8H2,1-2H3/t11-/m1/s1. The van der Waals surface area contributed by atoms with E-state index < -0.39 is 0 Å². The molecular formula is C13H19NO3. The molecule has 0 amide bonds. The third kappa shape index (κ3) is 2.70. The van der Waals surface area contributed by atoms with Gasteiger partial charge in [-0.05, 0) is 12.0 Å². The van der Waals surface area contributed by atoms with Gasteiger partial charge in [0.2, 0.25) is 6.79 Å². The molecule has 1 aliphatic heterocycles. The van der Waals surface area contributed by atoms with Crippen molar-refractivity contribution in [3.63, 3.8) is 0 Å². The van der Waals surface area contributed by atoms with Gasteiger partial charge in [0.05, 0.1) is 6.61 Å². The van der Waals surface area contributed by atoms with Gasteiger partial charge in [-0.15, -0.1) is 0 Å². The number of aliphatic hydroxyl groups excluding tert-OH is 1. The topological polar surface area (TPSA) is 50.7 Å². The average Bonchev–Trinajstić information content (AvgIpc) is 2.78. The van der Waals surface area contributed by atoms with E-state index in [1.165, 1.54) is 0 Å². The van der Waals surface area contributed by atoms with Crippen LogP contribution in [0.5, 0.6) is 11.5 Å². The van der Waals surface area contributed by atoms with Crippen LogP contribution in [0, 0.1) is 5.92 Å². The summed E-state index contributed by atoms with van der Waals surface area (Å²) in [7, 11) is 0. The lowest BCUT2D eigenvalue weighted by Crippen LogP contribution is -2.36. The Morgan fingerprint density at radius 3 is 2.88 bits per heavy atom. The molecule has 0 aromatic heterocycles. The highest BCUT2D eigenvalue weighted by atomic mass is 16.7. The Morgan fingerprint density at radius 2 is 2.18 bits per heavy atom. The highest BCUT2D eigenvalue weighted by molar-refractivity contribution is 5.48. The molecule has 1 atom stereocenters. The maximum Gasteiger partial charge on any atom is 0.231 e. The third-order valence-electron chi connectivity index (χ3n) is 3.03. The summed E-state index contributed by atoms with van der Waals surface area (Å²) in [5.74, 6) is 2.02. The van der Waals surface area contributed by atoms with Gasteiger partial charge in [0.25, 0.3) is 0 Å². The molecule has 2 rings (SSSR count). The van der Waals surface area contributed by atoms with Gasteiger partial charge >= 0.3 is 0 Å². The molecule has 4 heteroatoms. The van der Waals surface area contributed by atoms with Crippen molar-refractivity contribution in [2.24, 2.45) is 5.92 Å². The molecule has 94 valence electrons. The largest absolute Gasteiger partial charge is 0.454 e. The average molecular weight is 237 g/mol. The smallest absolute Gasteiger partial charge is 0.231 e. The molecule has 0 aliphatic carbocycles. The van der Waals surface area contributed by atoms with E-state index >= 15 is 0 Å². The Morgan fingerprint density at radius 1 is 1.35 bits per heavy atom. The third-order valence-corrected chi connectivity index (χ3v) is 3.03. The molecule has 0 unspecified atom stereocenters. The quantitative estimate of drug-likeness (QED) is 0.815. The fourth-order valence-electron chi connectivity index (χ4n) is 1.88. The molecule has 0 fully saturated rings. The van der Waals surface area contributed by atoms with Crippen molar-refractivity contribution in [2.75, 3.05) is 13.4 Å². The Bertz CT molecular complexity index is 379. The lowest BCUT2D eigenvalue weighted by molar-refractivity contribution is 0.172. The van der Waals surface area contributed by atoms with E-state index in [9.17, 15) is 5.11 Å². The summed E-state index contributed by atoms with van der Waals surface area (Å²) in [6.45, 7) is 5.28. The van der Waals surface area contributed by atoms with Crippen molar-refractivity contribution >= 4 is 0 Å². The van der Waals surface area contributed by atoms with Crippen molar-refractivity contribution in [3.05, 3.63) is 23.8 Å². The molecule has 0 bridgehead atoms. The normalized spacial score (nSPS) is 15.3. The summed E-state index contributed by atoms with van der Waals surface area (Å²) in [6, 6.07) is 5.97. The first-order valence-corrected chi connectivity index (χ1v) is 5.94. The number of aliphatic hydroxyl groups is 1. The lowest BCUT2D eigenvalue weighted by atomic mass is 10.0. The number of benzene rings is 1. The Balaban J connectivity index is 2.02. The summed E-state index contributed by atoms with van der Waals surface area (Å²) in [5.41, 5.74) is 1.07. The summed E-state index contributed by atoms with van der Waals surface area (Å²) >= 11 is 0. The van der Waals surface area contributed by atoms with Crippen LogP contribution in [-0.4, -0.2) is 24.5 Å². The predicted molar refractivity (Wildman–Crippen MR) is 65.1 cm³/mol. The number of nitrogens with one attached hydrogen (secondary N) is 1. The van der Waals surface area contributed by atoms with E-state index in [1.807, 2.05) is 18.2 Å². The van der Waals surface area contributed by atoms with Crippen LogP contribution in [0.2, 0.25) is 0 Å². The van der Waals surface area contributed by atoms with Gasteiger partial charge in [-0.25, -0.2) is 0 Å². The first-order chi connectivity index (χ1) is 8.22. The second kappa shape index (κ2) is 5.38. The van der Waals surface area contributed by atoms with Crippen LogP contribution in [0.15, 0.2) is 18.2 Å². The Labute approximate surface area is 102 Å². The van der Waals surface area contributed by atoms with E-state index in [-0.39, 0.29) is 12.6 Å². The summed E-state index contributed by atoms with van der Waals surface area (Å²) < 4.78 is 10.8. The fraction of sp³-hybridized carbons (Fsp3) is 0.538. The van der Waals surface area contributed by atoms with Crippen molar-refractivity contribution in [2.45, 2.75) is 26.4 Å². The second-order valence-electron chi connectivity index (χ2n) is 4.56. The van der Waals surface area contributed by atoms with Crippen LogP contribution in [0.25, 0.3) is 0 Å². The molecule has 1 aliphatic rings. The van der Waals surface area contributed by atoms with E-state index in [2.05, 4.69) is 19.2 Å².